The van der Waals surface area contributed by atoms with Crippen LogP contribution in [0.1, 0.15) is 49.6 Å². The lowest BCUT2D eigenvalue weighted by molar-refractivity contribution is -0.143. The van der Waals surface area contributed by atoms with Gasteiger partial charge in [-0.2, -0.15) is 0 Å². The number of carboxylic acids is 1. The van der Waals surface area contributed by atoms with Gasteiger partial charge >= 0.3 is 12.1 Å². The molecular formula is C26H31N5O5. The van der Waals surface area contributed by atoms with Crippen LogP contribution in [0.3, 0.4) is 0 Å². The van der Waals surface area contributed by atoms with Gasteiger partial charge in [-0.25, -0.2) is 14.5 Å². The molecule has 3 aromatic rings. The first-order valence-corrected chi connectivity index (χ1v) is 12.2. The number of hydrogen-bond donors (Lipinski definition) is 2. The molecule has 4 rings (SSSR count). The number of benzene rings is 1. The molecular weight excluding hydrogens is 462 g/mol. The standard InChI is InChI=1S/C26H31N5O5/c1-3-20-23(36-19-11-7-10-18(14-19)25(32)33)13-12-21(28-20)24-22(31(2)30-29-24)16-35-26(34)27-15-17-8-5-4-6-9-17/h4-6,8-9,12-13,18-19H,3,7,10-11,14-16H2,1-2H3,(H,27,34)(H,32,33)/t18-,19-/m0/s1. The summed E-state index contributed by atoms with van der Waals surface area (Å²) in [5.41, 5.74) is 3.47. The quantitative estimate of drug-likeness (QED) is 0.459. The molecule has 0 spiro atoms. The molecule has 0 aliphatic heterocycles. The Morgan fingerprint density at radius 1 is 1.17 bits per heavy atom. The van der Waals surface area contributed by atoms with Crippen LogP contribution in [0.5, 0.6) is 5.75 Å². The Morgan fingerprint density at radius 3 is 2.72 bits per heavy atom. The van der Waals surface area contributed by atoms with E-state index in [0.717, 1.165) is 24.1 Å². The Bertz CT molecular complexity index is 1200. The average Bonchev–Trinajstić information content (AvgIpc) is 3.27. The second-order valence-corrected chi connectivity index (χ2v) is 8.86. The molecule has 0 bridgehead atoms. The summed E-state index contributed by atoms with van der Waals surface area (Å²) in [7, 11) is 1.73. The summed E-state index contributed by atoms with van der Waals surface area (Å²) >= 11 is 0. The van der Waals surface area contributed by atoms with Crippen molar-refractivity contribution in [3.63, 3.8) is 0 Å². The predicted molar refractivity (Wildman–Crippen MR) is 131 cm³/mol. The zero-order valence-corrected chi connectivity index (χ0v) is 20.5. The van der Waals surface area contributed by atoms with Gasteiger partial charge in [0, 0.05) is 13.6 Å². The SMILES string of the molecule is CCc1nc(-c2nnn(C)c2COC(=O)NCc2ccccc2)ccc1O[C@H]1CCC[C@H](C(=O)O)C1. The summed E-state index contributed by atoms with van der Waals surface area (Å²) in [5, 5.41) is 20.4. The molecule has 1 fully saturated rings. The van der Waals surface area contributed by atoms with E-state index in [-0.39, 0.29) is 18.6 Å². The predicted octanol–water partition coefficient (Wildman–Crippen LogP) is 3.89. The molecule has 1 aliphatic carbocycles. The van der Waals surface area contributed by atoms with Gasteiger partial charge in [-0.1, -0.05) is 42.5 Å². The number of nitrogens with zero attached hydrogens (tertiary/aromatic N) is 4. The highest BCUT2D eigenvalue weighted by Gasteiger charge is 2.29. The number of carboxylic acid groups (broad SMARTS) is 1. The van der Waals surface area contributed by atoms with Gasteiger partial charge in [0.15, 0.2) is 0 Å². The van der Waals surface area contributed by atoms with Gasteiger partial charge < -0.3 is 19.9 Å². The number of hydrogen-bond acceptors (Lipinski definition) is 7. The topological polar surface area (TPSA) is 128 Å². The number of amides is 1. The van der Waals surface area contributed by atoms with Crippen LogP contribution >= 0.6 is 0 Å². The maximum Gasteiger partial charge on any atom is 0.407 e. The number of nitrogens with one attached hydrogen (secondary N) is 1. The minimum absolute atomic E-state index is 0.0144. The first-order chi connectivity index (χ1) is 17.4. The molecule has 2 N–H and O–H groups in total. The monoisotopic (exact) mass is 493 g/mol. The summed E-state index contributed by atoms with van der Waals surface area (Å²) in [4.78, 5) is 28.4. The molecule has 36 heavy (non-hydrogen) atoms. The summed E-state index contributed by atoms with van der Waals surface area (Å²) in [6.45, 7) is 2.34. The normalized spacial score (nSPS) is 17.4. The van der Waals surface area contributed by atoms with E-state index in [4.69, 9.17) is 14.5 Å². The minimum atomic E-state index is -0.765. The van der Waals surface area contributed by atoms with Gasteiger partial charge in [0.2, 0.25) is 0 Å². The number of carbonyl (C=O) groups excluding carboxylic acids is 1. The summed E-state index contributed by atoms with van der Waals surface area (Å²) in [6, 6.07) is 13.2. The van der Waals surface area contributed by atoms with Crippen molar-refractivity contribution < 1.29 is 24.2 Å². The number of pyridine rings is 1. The Hall–Kier alpha value is -3.95. The van der Waals surface area contributed by atoms with Gasteiger partial charge in [0.05, 0.1) is 23.4 Å². The number of rotatable bonds is 9. The van der Waals surface area contributed by atoms with Gasteiger partial charge in [-0.15, -0.1) is 5.10 Å². The van der Waals surface area contributed by atoms with E-state index >= 15 is 0 Å². The van der Waals surface area contributed by atoms with Crippen LogP contribution in [0.25, 0.3) is 11.4 Å². The Morgan fingerprint density at radius 2 is 1.97 bits per heavy atom. The molecule has 2 heterocycles. The number of ether oxygens (including phenoxy) is 2. The molecule has 10 heteroatoms. The molecule has 0 radical (unpaired) electrons. The summed E-state index contributed by atoms with van der Waals surface area (Å²) in [6.07, 6.45) is 2.79. The third-order valence-electron chi connectivity index (χ3n) is 6.34. The smallest absolute Gasteiger partial charge is 0.407 e. The van der Waals surface area contributed by atoms with Gasteiger partial charge in [0.25, 0.3) is 0 Å². The zero-order valence-electron chi connectivity index (χ0n) is 20.5. The molecule has 2 atom stereocenters. The van der Waals surface area contributed by atoms with Crippen molar-refractivity contribution in [1.82, 2.24) is 25.3 Å². The molecule has 1 aromatic carbocycles. The highest BCUT2D eigenvalue weighted by molar-refractivity contribution is 5.70. The van der Waals surface area contributed by atoms with Crippen molar-refractivity contribution in [1.29, 1.82) is 0 Å². The van der Waals surface area contributed by atoms with Gasteiger partial charge in [-0.3, -0.25) is 4.79 Å². The van der Waals surface area contributed by atoms with E-state index in [9.17, 15) is 14.7 Å². The largest absolute Gasteiger partial charge is 0.488 e. The highest BCUT2D eigenvalue weighted by atomic mass is 16.5. The summed E-state index contributed by atoms with van der Waals surface area (Å²) in [5.74, 6) is -0.481. The summed E-state index contributed by atoms with van der Waals surface area (Å²) < 4.78 is 13.2. The van der Waals surface area contributed by atoms with Gasteiger partial charge in [-0.05, 0) is 49.8 Å². The Kier molecular flexibility index (Phi) is 8.14. The van der Waals surface area contributed by atoms with Crippen LogP contribution in [-0.4, -0.2) is 43.3 Å². The van der Waals surface area contributed by atoms with Crippen LogP contribution in [0, 0.1) is 5.92 Å². The van der Waals surface area contributed by atoms with Crippen LogP contribution in [0.4, 0.5) is 4.79 Å². The molecule has 1 amide bonds. The number of aryl methyl sites for hydroxylation is 2. The van der Waals surface area contributed by atoms with E-state index in [0.29, 0.717) is 48.6 Å². The second kappa shape index (κ2) is 11.7. The lowest BCUT2D eigenvalue weighted by Crippen LogP contribution is -2.29. The molecule has 2 aromatic heterocycles. The molecule has 1 aliphatic rings. The van der Waals surface area contributed by atoms with E-state index in [1.165, 1.54) is 0 Å². The first kappa shape index (κ1) is 25.2. The number of alkyl carbamates (subject to hydrolysis) is 1. The van der Waals surface area contributed by atoms with E-state index in [1.54, 1.807) is 17.8 Å². The molecule has 0 saturated heterocycles. The third-order valence-corrected chi connectivity index (χ3v) is 6.34. The third kappa shape index (κ3) is 6.18. The number of aliphatic carboxylic acids is 1. The zero-order chi connectivity index (χ0) is 25.5. The molecule has 0 unspecified atom stereocenters. The van der Waals surface area contributed by atoms with Gasteiger partial charge in [0.1, 0.15) is 23.7 Å². The van der Waals surface area contributed by atoms with Crippen molar-refractivity contribution >= 4 is 12.1 Å². The lowest BCUT2D eigenvalue weighted by atomic mass is 9.87. The average molecular weight is 494 g/mol. The van der Waals surface area contributed by atoms with E-state index in [2.05, 4.69) is 15.6 Å². The number of carbonyl (C=O) groups is 2. The van der Waals surface area contributed by atoms with Crippen molar-refractivity contribution in [2.24, 2.45) is 13.0 Å². The lowest BCUT2D eigenvalue weighted by Gasteiger charge is -2.28. The first-order valence-electron chi connectivity index (χ1n) is 12.2. The fourth-order valence-corrected chi connectivity index (χ4v) is 4.33. The molecule has 190 valence electrons. The van der Waals surface area contributed by atoms with Crippen LogP contribution in [0.15, 0.2) is 42.5 Å². The Balaban J connectivity index is 1.42. The van der Waals surface area contributed by atoms with Crippen molar-refractivity contribution in [3.8, 4) is 17.1 Å². The number of aromatic nitrogens is 4. The fraction of sp³-hybridized carbons (Fsp3) is 0.423. The minimum Gasteiger partial charge on any atom is -0.488 e. The maximum absolute atomic E-state index is 12.2. The maximum atomic E-state index is 12.2. The van der Waals surface area contributed by atoms with Crippen molar-refractivity contribution in [2.45, 2.75) is 58.3 Å². The van der Waals surface area contributed by atoms with Crippen LogP contribution < -0.4 is 10.1 Å². The van der Waals surface area contributed by atoms with Crippen LogP contribution in [-0.2, 0) is 36.2 Å². The van der Waals surface area contributed by atoms with E-state index < -0.39 is 12.1 Å². The van der Waals surface area contributed by atoms with E-state index in [1.807, 2.05) is 43.3 Å². The second-order valence-electron chi connectivity index (χ2n) is 8.86. The Labute approximate surface area is 209 Å². The van der Waals surface area contributed by atoms with Crippen molar-refractivity contribution in [3.05, 3.63) is 59.4 Å². The highest BCUT2D eigenvalue weighted by Crippen LogP contribution is 2.31. The fourth-order valence-electron chi connectivity index (χ4n) is 4.33. The molecule has 1 saturated carbocycles. The molecule has 10 nitrogen and oxygen atoms in total. The van der Waals surface area contributed by atoms with Crippen LogP contribution in [0.2, 0.25) is 0 Å². The van der Waals surface area contributed by atoms with Crippen molar-refractivity contribution in [2.75, 3.05) is 0 Å².